The van der Waals surface area contributed by atoms with E-state index in [2.05, 4.69) is 10.3 Å². The predicted molar refractivity (Wildman–Crippen MR) is 74.2 cm³/mol. The number of rotatable bonds is 1. The Morgan fingerprint density at radius 1 is 1.37 bits per heavy atom. The van der Waals surface area contributed by atoms with Crippen LogP contribution < -0.4 is 10.2 Å². The molecule has 0 saturated carbocycles. The molecule has 0 atom stereocenters. The third kappa shape index (κ3) is 1.98. The van der Waals surface area contributed by atoms with Crippen LogP contribution in [0.5, 0.6) is 0 Å². The lowest BCUT2D eigenvalue weighted by Gasteiger charge is -2.37. The van der Waals surface area contributed by atoms with E-state index in [1.807, 2.05) is 18.2 Å². The first kappa shape index (κ1) is 12.1. The standard InChI is InChI=1S/C13H13N3O2S/c1-13(2)12(18)16(6-11(17)15-13)8-3-4-9-10(5-8)19-7-14-9/h3-5,7H,6H2,1-2H3,(H,15,17). The lowest BCUT2D eigenvalue weighted by molar-refractivity contribution is -0.134. The zero-order chi connectivity index (χ0) is 13.6. The van der Waals surface area contributed by atoms with Crippen molar-refractivity contribution in [2.45, 2.75) is 19.4 Å². The molecule has 1 aromatic carbocycles. The molecule has 2 heterocycles. The van der Waals surface area contributed by atoms with Crippen molar-refractivity contribution in [3.05, 3.63) is 23.7 Å². The minimum Gasteiger partial charge on any atom is -0.341 e. The number of nitrogens with zero attached hydrogens (tertiary/aromatic N) is 2. The molecule has 1 aromatic heterocycles. The van der Waals surface area contributed by atoms with Gasteiger partial charge in [-0.15, -0.1) is 11.3 Å². The van der Waals surface area contributed by atoms with Crippen LogP contribution in [-0.4, -0.2) is 28.9 Å². The molecule has 19 heavy (non-hydrogen) atoms. The van der Waals surface area contributed by atoms with Crippen LogP contribution in [-0.2, 0) is 9.59 Å². The van der Waals surface area contributed by atoms with Gasteiger partial charge in [0.2, 0.25) is 5.91 Å². The Morgan fingerprint density at radius 2 is 2.16 bits per heavy atom. The van der Waals surface area contributed by atoms with Gasteiger partial charge in [0.25, 0.3) is 5.91 Å². The molecule has 5 nitrogen and oxygen atoms in total. The van der Waals surface area contributed by atoms with Gasteiger partial charge in [-0.05, 0) is 32.0 Å². The van der Waals surface area contributed by atoms with E-state index in [-0.39, 0.29) is 18.4 Å². The summed E-state index contributed by atoms with van der Waals surface area (Å²) in [6, 6.07) is 5.60. The molecule has 2 amide bonds. The number of thiazole rings is 1. The summed E-state index contributed by atoms with van der Waals surface area (Å²) in [5, 5.41) is 2.70. The van der Waals surface area contributed by atoms with E-state index in [4.69, 9.17) is 0 Å². The molecule has 3 rings (SSSR count). The van der Waals surface area contributed by atoms with Gasteiger partial charge in [0, 0.05) is 5.69 Å². The number of nitrogens with one attached hydrogen (secondary N) is 1. The van der Waals surface area contributed by atoms with E-state index in [0.29, 0.717) is 0 Å². The van der Waals surface area contributed by atoms with E-state index < -0.39 is 5.54 Å². The summed E-state index contributed by atoms with van der Waals surface area (Å²) in [7, 11) is 0. The smallest absolute Gasteiger partial charge is 0.252 e. The number of aromatic nitrogens is 1. The lowest BCUT2D eigenvalue weighted by atomic mass is 10.00. The van der Waals surface area contributed by atoms with Crippen molar-refractivity contribution >= 4 is 39.1 Å². The van der Waals surface area contributed by atoms with Gasteiger partial charge in [0.1, 0.15) is 12.1 Å². The van der Waals surface area contributed by atoms with Gasteiger partial charge in [-0.3, -0.25) is 9.59 Å². The summed E-state index contributed by atoms with van der Waals surface area (Å²) in [6.45, 7) is 3.49. The van der Waals surface area contributed by atoms with Gasteiger partial charge < -0.3 is 10.2 Å². The molecule has 0 radical (unpaired) electrons. The summed E-state index contributed by atoms with van der Waals surface area (Å²) in [5.41, 5.74) is 2.55. The van der Waals surface area contributed by atoms with Crippen LogP contribution in [0, 0.1) is 0 Å². The molecule has 1 aliphatic heterocycles. The number of piperazine rings is 1. The van der Waals surface area contributed by atoms with Gasteiger partial charge in [-0.2, -0.15) is 0 Å². The van der Waals surface area contributed by atoms with Crippen LogP contribution in [0.1, 0.15) is 13.8 Å². The van der Waals surface area contributed by atoms with Gasteiger partial charge in [0.05, 0.1) is 15.7 Å². The van der Waals surface area contributed by atoms with Gasteiger partial charge in [-0.1, -0.05) is 0 Å². The van der Waals surface area contributed by atoms with Crippen molar-refractivity contribution in [1.82, 2.24) is 10.3 Å². The van der Waals surface area contributed by atoms with Crippen molar-refractivity contribution in [1.29, 1.82) is 0 Å². The summed E-state index contributed by atoms with van der Waals surface area (Å²) >= 11 is 1.52. The van der Waals surface area contributed by atoms with Gasteiger partial charge in [-0.25, -0.2) is 4.98 Å². The molecule has 1 N–H and O–H groups in total. The average Bonchev–Trinajstić information content (AvgIpc) is 2.80. The van der Waals surface area contributed by atoms with Crippen LogP contribution in [0.4, 0.5) is 5.69 Å². The molecule has 6 heteroatoms. The highest BCUT2D eigenvalue weighted by Gasteiger charge is 2.39. The molecule has 0 spiro atoms. The second-order valence-electron chi connectivity index (χ2n) is 5.07. The quantitative estimate of drug-likeness (QED) is 0.858. The Kier molecular flexibility index (Phi) is 2.56. The Balaban J connectivity index is 2.04. The second kappa shape index (κ2) is 4.03. The second-order valence-corrected chi connectivity index (χ2v) is 5.96. The first-order valence-electron chi connectivity index (χ1n) is 5.93. The Labute approximate surface area is 114 Å². The number of fused-ring (bicyclic) bond motifs is 1. The van der Waals surface area contributed by atoms with Crippen LogP contribution in [0.15, 0.2) is 23.7 Å². The Bertz CT molecular complexity index is 677. The van der Waals surface area contributed by atoms with E-state index in [1.54, 1.807) is 19.4 Å². The number of benzene rings is 1. The molecule has 0 unspecified atom stereocenters. The third-order valence-corrected chi connectivity index (χ3v) is 3.95. The first-order valence-corrected chi connectivity index (χ1v) is 6.81. The molecule has 1 fully saturated rings. The van der Waals surface area contributed by atoms with Crippen molar-refractivity contribution in [3.63, 3.8) is 0 Å². The zero-order valence-corrected chi connectivity index (χ0v) is 11.5. The van der Waals surface area contributed by atoms with Gasteiger partial charge in [0.15, 0.2) is 0 Å². The minimum absolute atomic E-state index is 0.0621. The maximum atomic E-state index is 12.4. The number of hydrogen-bond donors (Lipinski definition) is 1. The number of carbonyl (C=O) groups is 2. The molecular weight excluding hydrogens is 262 g/mol. The SMILES string of the molecule is CC1(C)NC(=O)CN(c2ccc3ncsc3c2)C1=O. The third-order valence-electron chi connectivity index (χ3n) is 3.16. The first-order chi connectivity index (χ1) is 8.97. The summed E-state index contributed by atoms with van der Waals surface area (Å²) in [4.78, 5) is 29.8. The highest BCUT2D eigenvalue weighted by atomic mass is 32.1. The molecule has 1 aliphatic rings. The maximum absolute atomic E-state index is 12.4. The van der Waals surface area contributed by atoms with Gasteiger partial charge >= 0.3 is 0 Å². The Morgan fingerprint density at radius 3 is 2.95 bits per heavy atom. The van der Waals surface area contributed by atoms with Crippen molar-refractivity contribution in [2.75, 3.05) is 11.4 Å². The highest BCUT2D eigenvalue weighted by Crippen LogP contribution is 2.27. The number of carbonyl (C=O) groups excluding carboxylic acids is 2. The Hall–Kier alpha value is -1.95. The van der Waals surface area contributed by atoms with E-state index in [0.717, 1.165) is 15.9 Å². The van der Waals surface area contributed by atoms with E-state index >= 15 is 0 Å². The van der Waals surface area contributed by atoms with Crippen molar-refractivity contribution < 1.29 is 9.59 Å². The molecular formula is C13H13N3O2S. The largest absolute Gasteiger partial charge is 0.341 e. The van der Waals surface area contributed by atoms with Crippen molar-refractivity contribution in [2.24, 2.45) is 0 Å². The number of anilines is 1. The monoisotopic (exact) mass is 275 g/mol. The van der Waals surface area contributed by atoms with Crippen LogP contribution >= 0.6 is 11.3 Å². The fourth-order valence-corrected chi connectivity index (χ4v) is 2.92. The summed E-state index contributed by atoms with van der Waals surface area (Å²) in [5.74, 6) is -0.245. The lowest BCUT2D eigenvalue weighted by Crippen LogP contribution is -2.64. The van der Waals surface area contributed by atoms with E-state index in [9.17, 15) is 9.59 Å². The zero-order valence-electron chi connectivity index (χ0n) is 10.6. The molecule has 0 bridgehead atoms. The predicted octanol–water partition coefficient (Wildman–Crippen LogP) is 1.54. The average molecular weight is 275 g/mol. The summed E-state index contributed by atoms with van der Waals surface area (Å²) < 4.78 is 1.01. The molecule has 98 valence electrons. The van der Waals surface area contributed by atoms with Crippen LogP contribution in [0.3, 0.4) is 0 Å². The fourth-order valence-electron chi connectivity index (χ4n) is 2.21. The molecule has 2 aromatic rings. The summed E-state index contributed by atoms with van der Waals surface area (Å²) in [6.07, 6.45) is 0. The minimum atomic E-state index is -0.863. The molecule has 0 aliphatic carbocycles. The van der Waals surface area contributed by atoms with Crippen molar-refractivity contribution in [3.8, 4) is 0 Å². The molecule has 1 saturated heterocycles. The fraction of sp³-hybridized carbons (Fsp3) is 0.308. The number of amides is 2. The normalized spacial score (nSPS) is 18.7. The van der Waals surface area contributed by atoms with Crippen LogP contribution in [0.2, 0.25) is 0 Å². The topological polar surface area (TPSA) is 62.3 Å². The van der Waals surface area contributed by atoms with Crippen LogP contribution in [0.25, 0.3) is 10.2 Å². The number of hydrogen-bond acceptors (Lipinski definition) is 4. The van der Waals surface area contributed by atoms with E-state index in [1.165, 1.54) is 16.2 Å². The maximum Gasteiger partial charge on any atom is 0.252 e. The highest BCUT2D eigenvalue weighted by molar-refractivity contribution is 7.16.